The number of hydrogen-bond acceptors (Lipinski definition) is 3. The Hall–Kier alpha value is -1.88. The van der Waals surface area contributed by atoms with Crippen LogP contribution >= 0.6 is 0 Å². The van der Waals surface area contributed by atoms with E-state index < -0.39 is 0 Å². The zero-order chi connectivity index (χ0) is 16.1. The van der Waals surface area contributed by atoms with Crippen LogP contribution in [0.25, 0.3) is 0 Å². The quantitative estimate of drug-likeness (QED) is 0.880. The van der Waals surface area contributed by atoms with Crippen LogP contribution in [0.3, 0.4) is 0 Å². The molecule has 0 radical (unpaired) electrons. The highest BCUT2D eigenvalue weighted by molar-refractivity contribution is 5.96. The second-order valence-electron chi connectivity index (χ2n) is 6.07. The zero-order valence-electron chi connectivity index (χ0n) is 13.3. The number of benzene rings is 1. The van der Waals surface area contributed by atoms with Gasteiger partial charge in [0.25, 0.3) is 5.91 Å². The van der Waals surface area contributed by atoms with Gasteiger partial charge in [0.2, 0.25) is 5.91 Å². The van der Waals surface area contributed by atoms with Gasteiger partial charge in [-0.05, 0) is 44.7 Å². The Morgan fingerprint density at radius 1 is 1.18 bits per heavy atom. The summed E-state index contributed by atoms with van der Waals surface area (Å²) in [5, 5.41) is 11.8. The summed E-state index contributed by atoms with van der Waals surface area (Å²) in [5.41, 5.74) is 2.65. The lowest BCUT2D eigenvalue weighted by atomic mass is 9.98. The summed E-state index contributed by atoms with van der Waals surface area (Å²) in [4.78, 5) is 26.0. The standard InChI is InChI=1S/C17H24N2O3/c1-12-7-13(2)9-15(8-12)17(22)18-10-16(21)19-5-3-14(11-20)4-6-19/h7-9,14,20H,3-6,10-11H2,1-2H3,(H,18,22). The first-order chi connectivity index (χ1) is 10.5. The van der Waals surface area contributed by atoms with E-state index in [1.54, 1.807) is 4.90 Å². The Labute approximate surface area is 131 Å². The fourth-order valence-electron chi connectivity index (χ4n) is 2.84. The number of nitrogens with one attached hydrogen (secondary N) is 1. The molecule has 1 aromatic rings. The number of carbonyl (C=O) groups excluding carboxylic acids is 2. The fraction of sp³-hybridized carbons (Fsp3) is 0.529. The third-order valence-electron chi connectivity index (χ3n) is 4.11. The molecular formula is C17H24N2O3. The second kappa shape index (κ2) is 7.40. The molecule has 0 aliphatic carbocycles. The predicted octanol–water partition coefficient (Wildman–Crippen LogP) is 1.26. The molecule has 120 valence electrons. The molecule has 22 heavy (non-hydrogen) atoms. The number of hydrogen-bond donors (Lipinski definition) is 2. The highest BCUT2D eigenvalue weighted by Crippen LogP contribution is 2.16. The van der Waals surface area contributed by atoms with E-state index in [0.29, 0.717) is 24.6 Å². The van der Waals surface area contributed by atoms with Crippen LogP contribution in [0.1, 0.15) is 34.3 Å². The lowest BCUT2D eigenvalue weighted by Gasteiger charge is -2.31. The number of piperidine rings is 1. The molecule has 2 N–H and O–H groups in total. The molecule has 0 saturated carbocycles. The molecule has 1 saturated heterocycles. The van der Waals surface area contributed by atoms with E-state index in [0.717, 1.165) is 24.0 Å². The number of rotatable bonds is 4. The number of likely N-dealkylation sites (tertiary alicyclic amines) is 1. The van der Waals surface area contributed by atoms with Crippen molar-refractivity contribution >= 4 is 11.8 Å². The number of aliphatic hydroxyl groups excluding tert-OH is 1. The first-order valence-electron chi connectivity index (χ1n) is 7.74. The van der Waals surface area contributed by atoms with Gasteiger partial charge < -0.3 is 15.3 Å². The van der Waals surface area contributed by atoms with Crippen LogP contribution in [0, 0.1) is 19.8 Å². The summed E-state index contributed by atoms with van der Waals surface area (Å²) in [6.45, 7) is 5.41. The van der Waals surface area contributed by atoms with Gasteiger partial charge in [-0.1, -0.05) is 17.2 Å². The van der Waals surface area contributed by atoms with Crippen molar-refractivity contribution in [1.29, 1.82) is 0 Å². The summed E-state index contributed by atoms with van der Waals surface area (Å²) < 4.78 is 0. The minimum atomic E-state index is -0.217. The number of nitrogens with zero attached hydrogens (tertiary/aromatic N) is 1. The molecule has 0 spiro atoms. The first-order valence-corrected chi connectivity index (χ1v) is 7.74. The Kier molecular flexibility index (Phi) is 5.55. The van der Waals surface area contributed by atoms with Crippen molar-refractivity contribution in [3.63, 3.8) is 0 Å². The molecule has 0 atom stereocenters. The zero-order valence-corrected chi connectivity index (χ0v) is 13.3. The average Bonchev–Trinajstić information content (AvgIpc) is 2.51. The SMILES string of the molecule is Cc1cc(C)cc(C(=O)NCC(=O)N2CCC(CO)CC2)c1. The maximum Gasteiger partial charge on any atom is 0.251 e. The van der Waals surface area contributed by atoms with Gasteiger partial charge in [0.1, 0.15) is 0 Å². The molecule has 5 heteroatoms. The summed E-state index contributed by atoms with van der Waals surface area (Å²) in [5.74, 6) is 0.0217. The van der Waals surface area contributed by atoms with E-state index in [-0.39, 0.29) is 25.0 Å². The highest BCUT2D eigenvalue weighted by atomic mass is 16.3. The van der Waals surface area contributed by atoms with Crippen LogP contribution in [0.2, 0.25) is 0 Å². The van der Waals surface area contributed by atoms with Crippen LogP contribution in [0.5, 0.6) is 0 Å². The Bertz CT molecular complexity index is 529. The van der Waals surface area contributed by atoms with Crippen molar-refractivity contribution in [2.24, 2.45) is 5.92 Å². The van der Waals surface area contributed by atoms with Crippen LogP contribution in [0.4, 0.5) is 0 Å². The van der Waals surface area contributed by atoms with Crippen LogP contribution in [0.15, 0.2) is 18.2 Å². The molecule has 2 amide bonds. The van der Waals surface area contributed by atoms with Crippen LogP contribution < -0.4 is 5.32 Å². The lowest BCUT2D eigenvalue weighted by molar-refractivity contribution is -0.131. The van der Waals surface area contributed by atoms with Crippen molar-refractivity contribution in [3.8, 4) is 0 Å². The number of aliphatic hydroxyl groups is 1. The normalized spacial score (nSPS) is 15.7. The molecule has 2 rings (SSSR count). The fourth-order valence-corrected chi connectivity index (χ4v) is 2.84. The maximum absolute atomic E-state index is 12.1. The minimum absolute atomic E-state index is 0.0234. The molecule has 1 fully saturated rings. The highest BCUT2D eigenvalue weighted by Gasteiger charge is 2.22. The van der Waals surface area contributed by atoms with Crippen molar-refractivity contribution in [3.05, 3.63) is 34.9 Å². The molecule has 1 aliphatic rings. The Morgan fingerprint density at radius 3 is 2.32 bits per heavy atom. The third kappa shape index (κ3) is 4.31. The molecule has 1 aromatic carbocycles. The largest absolute Gasteiger partial charge is 0.396 e. The third-order valence-corrected chi connectivity index (χ3v) is 4.11. The summed E-state index contributed by atoms with van der Waals surface area (Å²) in [6, 6.07) is 5.65. The molecular weight excluding hydrogens is 280 g/mol. The van der Waals surface area contributed by atoms with Gasteiger partial charge in [0.05, 0.1) is 6.54 Å². The maximum atomic E-state index is 12.1. The van der Waals surface area contributed by atoms with Gasteiger partial charge in [-0.3, -0.25) is 9.59 Å². The lowest BCUT2D eigenvalue weighted by Crippen LogP contribution is -2.44. The van der Waals surface area contributed by atoms with E-state index in [9.17, 15) is 9.59 Å². The molecule has 1 aliphatic heterocycles. The molecule has 0 unspecified atom stereocenters. The van der Waals surface area contributed by atoms with Crippen molar-refractivity contribution in [2.45, 2.75) is 26.7 Å². The van der Waals surface area contributed by atoms with E-state index in [1.165, 1.54) is 0 Å². The first kappa shape index (κ1) is 16.5. The number of carbonyl (C=O) groups is 2. The summed E-state index contributed by atoms with van der Waals surface area (Å²) >= 11 is 0. The summed E-state index contributed by atoms with van der Waals surface area (Å²) in [6.07, 6.45) is 1.65. The number of amides is 2. The van der Waals surface area contributed by atoms with Gasteiger partial charge in [-0.25, -0.2) is 0 Å². The van der Waals surface area contributed by atoms with Crippen LogP contribution in [-0.2, 0) is 4.79 Å². The van der Waals surface area contributed by atoms with Crippen molar-refractivity contribution in [2.75, 3.05) is 26.2 Å². The molecule has 0 bridgehead atoms. The van der Waals surface area contributed by atoms with E-state index in [4.69, 9.17) is 5.11 Å². The van der Waals surface area contributed by atoms with Crippen molar-refractivity contribution in [1.82, 2.24) is 10.2 Å². The van der Waals surface area contributed by atoms with Gasteiger partial charge in [-0.2, -0.15) is 0 Å². The molecule has 1 heterocycles. The predicted molar refractivity (Wildman–Crippen MR) is 84.6 cm³/mol. The summed E-state index contributed by atoms with van der Waals surface area (Å²) in [7, 11) is 0. The molecule has 5 nitrogen and oxygen atoms in total. The van der Waals surface area contributed by atoms with E-state index in [2.05, 4.69) is 5.32 Å². The van der Waals surface area contributed by atoms with E-state index in [1.807, 2.05) is 32.0 Å². The van der Waals surface area contributed by atoms with Gasteiger partial charge in [-0.15, -0.1) is 0 Å². The van der Waals surface area contributed by atoms with Gasteiger partial charge in [0, 0.05) is 25.3 Å². The van der Waals surface area contributed by atoms with Gasteiger partial charge in [0.15, 0.2) is 0 Å². The monoisotopic (exact) mass is 304 g/mol. The number of aryl methyl sites for hydroxylation is 2. The van der Waals surface area contributed by atoms with Gasteiger partial charge >= 0.3 is 0 Å². The average molecular weight is 304 g/mol. The Morgan fingerprint density at radius 2 is 1.77 bits per heavy atom. The van der Waals surface area contributed by atoms with E-state index >= 15 is 0 Å². The topological polar surface area (TPSA) is 69.6 Å². The smallest absolute Gasteiger partial charge is 0.251 e. The van der Waals surface area contributed by atoms with Crippen molar-refractivity contribution < 1.29 is 14.7 Å². The minimum Gasteiger partial charge on any atom is -0.396 e. The molecule has 0 aromatic heterocycles. The Balaban J connectivity index is 1.84. The second-order valence-corrected chi connectivity index (χ2v) is 6.07. The van der Waals surface area contributed by atoms with Crippen LogP contribution in [-0.4, -0.2) is 48.1 Å².